The number of hydrogen-bond donors (Lipinski definition) is 4. The van der Waals surface area contributed by atoms with E-state index in [1.807, 2.05) is 60.7 Å². The van der Waals surface area contributed by atoms with E-state index in [1.54, 1.807) is 13.8 Å². The molecule has 0 bridgehead atoms. The first-order valence-corrected chi connectivity index (χ1v) is 10.2. The predicted octanol–water partition coefficient (Wildman–Crippen LogP) is 1.78. The second-order valence-electron chi connectivity index (χ2n) is 7.11. The van der Waals surface area contributed by atoms with Gasteiger partial charge in [-0.25, -0.2) is 4.79 Å². The van der Waals surface area contributed by atoms with Crippen LogP contribution < -0.4 is 21.3 Å². The van der Waals surface area contributed by atoms with Crippen molar-refractivity contribution >= 4 is 17.8 Å². The predicted molar refractivity (Wildman–Crippen MR) is 117 cm³/mol. The number of rotatable bonds is 10. The minimum Gasteiger partial charge on any atom is -0.354 e. The molecule has 7 heteroatoms. The van der Waals surface area contributed by atoms with Gasteiger partial charge >= 0.3 is 6.03 Å². The van der Waals surface area contributed by atoms with E-state index in [4.69, 9.17) is 0 Å². The van der Waals surface area contributed by atoms with Crippen LogP contribution in [0.2, 0.25) is 0 Å². The Hall–Kier alpha value is -3.35. The van der Waals surface area contributed by atoms with Crippen molar-refractivity contribution < 1.29 is 14.4 Å². The molecule has 0 aliphatic carbocycles. The van der Waals surface area contributed by atoms with Crippen LogP contribution >= 0.6 is 0 Å². The van der Waals surface area contributed by atoms with E-state index in [0.717, 1.165) is 11.1 Å². The average molecular weight is 411 g/mol. The Kier molecular flexibility index (Phi) is 9.37. The van der Waals surface area contributed by atoms with Crippen molar-refractivity contribution in [2.24, 2.45) is 0 Å². The van der Waals surface area contributed by atoms with Crippen LogP contribution in [0.4, 0.5) is 4.79 Å². The molecule has 0 fully saturated rings. The Labute approximate surface area is 177 Å². The van der Waals surface area contributed by atoms with Gasteiger partial charge in [0.1, 0.15) is 12.1 Å². The third kappa shape index (κ3) is 8.34. The number of carbonyl (C=O) groups is 3. The van der Waals surface area contributed by atoms with Gasteiger partial charge in [-0.1, -0.05) is 60.7 Å². The number of carbonyl (C=O) groups excluding carboxylic acids is 3. The highest BCUT2D eigenvalue weighted by atomic mass is 16.2. The Balaban J connectivity index is 1.63. The highest BCUT2D eigenvalue weighted by Crippen LogP contribution is 1.99. The summed E-state index contributed by atoms with van der Waals surface area (Å²) in [6.07, 6.45) is 1.43. The van der Waals surface area contributed by atoms with Crippen LogP contribution in [0, 0.1) is 0 Å². The van der Waals surface area contributed by atoms with E-state index in [2.05, 4.69) is 21.3 Å². The van der Waals surface area contributed by atoms with E-state index < -0.39 is 18.1 Å². The van der Waals surface area contributed by atoms with Crippen molar-refractivity contribution in [2.75, 3.05) is 13.1 Å². The summed E-state index contributed by atoms with van der Waals surface area (Å²) >= 11 is 0. The number of amides is 4. The monoisotopic (exact) mass is 410 g/mol. The summed E-state index contributed by atoms with van der Waals surface area (Å²) in [5.41, 5.74) is 2.26. The third-order valence-electron chi connectivity index (χ3n) is 4.59. The van der Waals surface area contributed by atoms with Crippen LogP contribution in [0.25, 0.3) is 0 Å². The molecule has 2 aromatic rings. The molecule has 0 spiro atoms. The Morgan fingerprint density at radius 1 is 0.667 bits per heavy atom. The van der Waals surface area contributed by atoms with E-state index in [0.29, 0.717) is 25.9 Å². The molecule has 160 valence electrons. The number of hydrogen-bond acceptors (Lipinski definition) is 3. The molecular weight excluding hydrogens is 380 g/mol. The molecule has 30 heavy (non-hydrogen) atoms. The lowest BCUT2D eigenvalue weighted by Gasteiger charge is -2.18. The van der Waals surface area contributed by atoms with Gasteiger partial charge in [0.2, 0.25) is 11.8 Å². The third-order valence-corrected chi connectivity index (χ3v) is 4.59. The molecule has 0 saturated heterocycles. The molecule has 4 amide bonds. The zero-order valence-electron chi connectivity index (χ0n) is 17.5. The molecule has 0 aromatic heterocycles. The Morgan fingerprint density at radius 3 is 1.40 bits per heavy atom. The zero-order chi connectivity index (χ0) is 21.8. The maximum Gasteiger partial charge on any atom is 0.316 e. The van der Waals surface area contributed by atoms with Crippen LogP contribution in [0.15, 0.2) is 60.7 Å². The first-order valence-electron chi connectivity index (χ1n) is 10.2. The van der Waals surface area contributed by atoms with Crippen molar-refractivity contribution in [3.05, 3.63) is 71.8 Å². The smallest absolute Gasteiger partial charge is 0.316 e. The quantitative estimate of drug-likeness (QED) is 0.480. The number of nitrogens with one attached hydrogen (secondary N) is 4. The van der Waals surface area contributed by atoms with Crippen molar-refractivity contribution in [1.29, 1.82) is 0 Å². The van der Waals surface area contributed by atoms with Gasteiger partial charge in [0.25, 0.3) is 0 Å². The molecule has 2 atom stereocenters. The summed E-state index contributed by atoms with van der Waals surface area (Å²) in [5, 5.41) is 10.7. The summed E-state index contributed by atoms with van der Waals surface area (Å²) in [6, 6.07) is 17.7. The van der Waals surface area contributed by atoms with Crippen molar-refractivity contribution in [3.63, 3.8) is 0 Å². The van der Waals surface area contributed by atoms with Crippen LogP contribution in [-0.4, -0.2) is 43.0 Å². The van der Waals surface area contributed by atoms with Gasteiger partial charge in [-0.2, -0.15) is 0 Å². The van der Waals surface area contributed by atoms with Crippen molar-refractivity contribution in [2.45, 2.75) is 38.8 Å². The average Bonchev–Trinajstić information content (AvgIpc) is 2.74. The van der Waals surface area contributed by atoms with E-state index in [-0.39, 0.29) is 11.8 Å². The molecule has 7 nitrogen and oxygen atoms in total. The fourth-order valence-corrected chi connectivity index (χ4v) is 2.82. The molecule has 0 heterocycles. The first-order chi connectivity index (χ1) is 14.5. The minimum atomic E-state index is -0.714. The molecule has 0 aliphatic rings. The van der Waals surface area contributed by atoms with E-state index in [9.17, 15) is 14.4 Å². The summed E-state index contributed by atoms with van der Waals surface area (Å²) < 4.78 is 0. The lowest BCUT2D eigenvalue weighted by atomic mass is 10.1. The topological polar surface area (TPSA) is 99.3 Å². The standard InChI is InChI=1S/C23H30N4O3/c1-17(21(28)24-15-13-19-9-5-3-6-10-19)26-23(30)27-18(2)22(29)25-16-14-20-11-7-4-8-12-20/h3-12,17-18H,13-16H2,1-2H3,(H,24,28)(H,25,29)(H2,26,27,30)/t17-,18-/m0/s1. The van der Waals surface area contributed by atoms with Crippen LogP contribution in [-0.2, 0) is 22.4 Å². The van der Waals surface area contributed by atoms with Gasteiger partial charge in [-0.3, -0.25) is 9.59 Å². The van der Waals surface area contributed by atoms with E-state index in [1.165, 1.54) is 0 Å². The fourth-order valence-electron chi connectivity index (χ4n) is 2.82. The first kappa shape index (κ1) is 22.9. The highest BCUT2D eigenvalue weighted by Gasteiger charge is 2.19. The molecule has 0 radical (unpaired) electrons. The SMILES string of the molecule is C[C@H](NC(=O)N[C@@H](C)C(=O)NCCc1ccccc1)C(=O)NCCc1ccccc1. The number of urea groups is 1. The highest BCUT2D eigenvalue weighted by molar-refractivity contribution is 5.89. The van der Waals surface area contributed by atoms with Crippen molar-refractivity contribution in [3.8, 4) is 0 Å². The summed E-state index contributed by atoms with van der Waals surface area (Å²) in [6.45, 7) is 4.16. The minimum absolute atomic E-state index is 0.277. The second kappa shape index (κ2) is 12.3. The molecule has 0 unspecified atom stereocenters. The molecule has 0 saturated carbocycles. The van der Waals surface area contributed by atoms with Gasteiger partial charge < -0.3 is 21.3 Å². The lowest BCUT2D eigenvalue weighted by molar-refractivity contribution is -0.122. The molecule has 2 aromatic carbocycles. The molecule has 2 rings (SSSR count). The van der Waals surface area contributed by atoms with Crippen molar-refractivity contribution in [1.82, 2.24) is 21.3 Å². The summed E-state index contributed by atoms with van der Waals surface area (Å²) in [4.78, 5) is 36.3. The van der Waals surface area contributed by atoms with Gasteiger partial charge in [-0.05, 0) is 37.8 Å². The van der Waals surface area contributed by atoms with Gasteiger partial charge in [0.15, 0.2) is 0 Å². The largest absolute Gasteiger partial charge is 0.354 e. The lowest BCUT2D eigenvalue weighted by Crippen LogP contribution is -2.53. The second-order valence-corrected chi connectivity index (χ2v) is 7.11. The fraction of sp³-hybridized carbons (Fsp3) is 0.348. The van der Waals surface area contributed by atoms with Crippen LogP contribution in [0.3, 0.4) is 0 Å². The molecule has 0 aliphatic heterocycles. The van der Waals surface area contributed by atoms with Crippen LogP contribution in [0.5, 0.6) is 0 Å². The molecular formula is C23H30N4O3. The zero-order valence-corrected chi connectivity index (χ0v) is 17.5. The van der Waals surface area contributed by atoms with Gasteiger partial charge in [0.05, 0.1) is 0 Å². The van der Waals surface area contributed by atoms with Gasteiger partial charge in [0, 0.05) is 13.1 Å². The normalized spacial score (nSPS) is 12.3. The Morgan fingerprint density at radius 2 is 1.03 bits per heavy atom. The van der Waals surface area contributed by atoms with Gasteiger partial charge in [-0.15, -0.1) is 0 Å². The molecule has 4 N–H and O–H groups in total. The number of benzene rings is 2. The maximum atomic E-state index is 12.1. The summed E-state index contributed by atoms with van der Waals surface area (Å²) in [7, 11) is 0. The maximum absolute atomic E-state index is 12.1. The Bertz CT molecular complexity index is 744. The van der Waals surface area contributed by atoms with Crippen LogP contribution in [0.1, 0.15) is 25.0 Å². The summed E-state index contributed by atoms with van der Waals surface area (Å²) in [5.74, 6) is -0.554. The van der Waals surface area contributed by atoms with E-state index >= 15 is 0 Å².